The average molecular weight is 322 g/mol. The van der Waals surface area contributed by atoms with Gasteiger partial charge in [-0.3, -0.25) is 9.59 Å². The Kier molecular flexibility index (Phi) is 4.99. The van der Waals surface area contributed by atoms with Gasteiger partial charge >= 0.3 is 0 Å². The van der Waals surface area contributed by atoms with E-state index >= 15 is 0 Å². The molecule has 1 unspecified atom stereocenters. The molecule has 2 aromatic heterocycles. The second kappa shape index (κ2) is 6.76. The normalized spacial score (nSPS) is 13.4. The standard InChI is InChI=1S/C15H18N2O4S/c1-10-3-4-12(21-10)15(2,20)9-17-13(18)7-16-14(19)11-5-6-22-8-11/h3-6,8,20H,7,9H2,1-2H3,(H,16,19)(H,17,18). The molecule has 2 amide bonds. The van der Waals surface area contributed by atoms with Crippen LogP contribution in [0.5, 0.6) is 0 Å². The molecule has 0 fully saturated rings. The summed E-state index contributed by atoms with van der Waals surface area (Å²) in [5, 5.41) is 18.9. The van der Waals surface area contributed by atoms with Crippen molar-refractivity contribution in [3.8, 4) is 0 Å². The van der Waals surface area contributed by atoms with Crippen molar-refractivity contribution in [2.45, 2.75) is 19.4 Å². The Bertz CT molecular complexity index is 646. The number of aliphatic hydroxyl groups is 1. The largest absolute Gasteiger partial charge is 0.463 e. The van der Waals surface area contributed by atoms with Gasteiger partial charge in [0.05, 0.1) is 13.1 Å². The van der Waals surface area contributed by atoms with Crippen molar-refractivity contribution in [1.29, 1.82) is 0 Å². The fourth-order valence-electron chi connectivity index (χ4n) is 1.80. The van der Waals surface area contributed by atoms with Crippen molar-refractivity contribution in [1.82, 2.24) is 10.6 Å². The van der Waals surface area contributed by atoms with Gasteiger partial charge in [-0.15, -0.1) is 0 Å². The first-order chi connectivity index (χ1) is 10.4. The maximum absolute atomic E-state index is 11.7. The molecule has 2 heterocycles. The summed E-state index contributed by atoms with van der Waals surface area (Å²) in [6.45, 7) is 3.17. The Morgan fingerprint density at radius 1 is 1.32 bits per heavy atom. The molecule has 2 rings (SSSR count). The number of furan rings is 1. The molecular formula is C15H18N2O4S. The zero-order valence-electron chi connectivity index (χ0n) is 12.4. The smallest absolute Gasteiger partial charge is 0.252 e. The monoisotopic (exact) mass is 322 g/mol. The van der Waals surface area contributed by atoms with E-state index in [1.807, 2.05) is 0 Å². The molecule has 22 heavy (non-hydrogen) atoms. The lowest BCUT2D eigenvalue weighted by atomic mass is 10.0. The van der Waals surface area contributed by atoms with Gasteiger partial charge in [0.15, 0.2) is 0 Å². The lowest BCUT2D eigenvalue weighted by Gasteiger charge is -2.21. The van der Waals surface area contributed by atoms with Crippen molar-refractivity contribution >= 4 is 23.2 Å². The molecule has 0 spiro atoms. The summed E-state index contributed by atoms with van der Waals surface area (Å²) in [5.41, 5.74) is -0.780. The Balaban J connectivity index is 1.79. The van der Waals surface area contributed by atoms with E-state index < -0.39 is 5.60 Å². The molecular weight excluding hydrogens is 304 g/mol. The van der Waals surface area contributed by atoms with E-state index in [-0.39, 0.29) is 24.9 Å². The number of thiophene rings is 1. The molecule has 1 atom stereocenters. The lowest BCUT2D eigenvalue weighted by Crippen LogP contribution is -2.43. The summed E-state index contributed by atoms with van der Waals surface area (Å²) in [6.07, 6.45) is 0. The summed E-state index contributed by atoms with van der Waals surface area (Å²) < 4.78 is 5.36. The number of nitrogens with one attached hydrogen (secondary N) is 2. The van der Waals surface area contributed by atoms with Gasteiger partial charge < -0.3 is 20.2 Å². The van der Waals surface area contributed by atoms with Crippen LogP contribution >= 0.6 is 11.3 Å². The number of hydrogen-bond donors (Lipinski definition) is 3. The summed E-state index contributed by atoms with van der Waals surface area (Å²) in [6, 6.07) is 5.09. The van der Waals surface area contributed by atoms with E-state index in [0.717, 1.165) is 0 Å². The molecule has 0 aromatic carbocycles. The Morgan fingerprint density at radius 3 is 2.68 bits per heavy atom. The second-order valence-corrected chi connectivity index (χ2v) is 5.94. The predicted octanol–water partition coefficient (Wildman–Crippen LogP) is 1.40. The number of carbonyl (C=O) groups excluding carboxylic acids is 2. The Labute approximate surface area is 132 Å². The number of rotatable bonds is 6. The van der Waals surface area contributed by atoms with E-state index in [2.05, 4.69) is 10.6 Å². The van der Waals surface area contributed by atoms with Gasteiger partial charge in [-0.25, -0.2) is 0 Å². The van der Waals surface area contributed by atoms with Gasteiger partial charge in [-0.1, -0.05) is 0 Å². The fourth-order valence-corrected chi connectivity index (χ4v) is 2.44. The number of carbonyl (C=O) groups is 2. The second-order valence-electron chi connectivity index (χ2n) is 5.16. The van der Waals surface area contributed by atoms with Crippen LogP contribution in [0.4, 0.5) is 0 Å². The van der Waals surface area contributed by atoms with Crippen LogP contribution in [0.1, 0.15) is 28.8 Å². The van der Waals surface area contributed by atoms with Gasteiger partial charge in [0, 0.05) is 10.9 Å². The molecule has 0 aliphatic rings. The third-order valence-corrected chi connectivity index (χ3v) is 3.78. The maximum atomic E-state index is 11.7. The first kappa shape index (κ1) is 16.3. The van der Waals surface area contributed by atoms with Crippen LogP contribution in [0.15, 0.2) is 33.4 Å². The van der Waals surface area contributed by atoms with Crippen LogP contribution < -0.4 is 10.6 Å². The molecule has 3 N–H and O–H groups in total. The highest BCUT2D eigenvalue weighted by molar-refractivity contribution is 7.08. The Morgan fingerprint density at radius 2 is 2.09 bits per heavy atom. The summed E-state index contributed by atoms with van der Waals surface area (Å²) in [5.74, 6) is 0.384. The Hall–Kier alpha value is -2.12. The molecule has 0 saturated carbocycles. The van der Waals surface area contributed by atoms with E-state index in [1.54, 1.807) is 42.8 Å². The van der Waals surface area contributed by atoms with Crippen LogP contribution in [0.25, 0.3) is 0 Å². The van der Waals surface area contributed by atoms with Gasteiger partial charge in [-0.05, 0) is 37.4 Å². The molecule has 0 aliphatic carbocycles. The van der Waals surface area contributed by atoms with Crippen molar-refractivity contribution in [2.24, 2.45) is 0 Å². The highest BCUT2D eigenvalue weighted by Crippen LogP contribution is 2.21. The average Bonchev–Trinajstić information content (AvgIpc) is 3.14. The number of amides is 2. The topological polar surface area (TPSA) is 91.6 Å². The summed E-state index contributed by atoms with van der Waals surface area (Å²) >= 11 is 1.41. The highest BCUT2D eigenvalue weighted by atomic mass is 32.1. The van der Waals surface area contributed by atoms with Crippen LogP contribution in [0, 0.1) is 6.92 Å². The zero-order valence-corrected chi connectivity index (χ0v) is 13.2. The molecule has 118 valence electrons. The third-order valence-electron chi connectivity index (χ3n) is 3.09. The highest BCUT2D eigenvalue weighted by Gasteiger charge is 2.27. The fraction of sp³-hybridized carbons (Fsp3) is 0.333. The number of aryl methyl sites for hydroxylation is 1. The minimum Gasteiger partial charge on any atom is -0.463 e. The van der Waals surface area contributed by atoms with Crippen molar-refractivity contribution in [3.05, 3.63) is 46.0 Å². The molecule has 0 bridgehead atoms. The predicted molar refractivity (Wildman–Crippen MR) is 82.7 cm³/mol. The minimum atomic E-state index is -1.30. The van der Waals surface area contributed by atoms with Crippen LogP contribution in [-0.2, 0) is 10.4 Å². The summed E-state index contributed by atoms with van der Waals surface area (Å²) in [7, 11) is 0. The van der Waals surface area contributed by atoms with Crippen LogP contribution in [-0.4, -0.2) is 30.0 Å². The third kappa shape index (κ3) is 4.19. The van der Waals surface area contributed by atoms with Crippen LogP contribution in [0.3, 0.4) is 0 Å². The van der Waals surface area contributed by atoms with Crippen molar-refractivity contribution in [3.63, 3.8) is 0 Å². The van der Waals surface area contributed by atoms with E-state index in [4.69, 9.17) is 4.42 Å². The quantitative estimate of drug-likeness (QED) is 0.750. The van der Waals surface area contributed by atoms with Crippen molar-refractivity contribution in [2.75, 3.05) is 13.1 Å². The lowest BCUT2D eigenvalue weighted by molar-refractivity contribution is -0.121. The minimum absolute atomic E-state index is 0.00684. The van der Waals surface area contributed by atoms with Gasteiger partial charge in [0.1, 0.15) is 17.1 Å². The zero-order chi connectivity index (χ0) is 16.2. The molecule has 7 heteroatoms. The van der Waals surface area contributed by atoms with Crippen LogP contribution in [0.2, 0.25) is 0 Å². The SMILES string of the molecule is Cc1ccc(C(C)(O)CNC(=O)CNC(=O)c2ccsc2)o1. The first-order valence-electron chi connectivity index (χ1n) is 6.75. The maximum Gasteiger partial charge on any atom is 0.252 e. The first-order valence-corrected chi connectivity index (χ1v) is 7.69. The van der Waals surface area contributed by atoms with E-state index in [9.17, 15) is 14.7 Å². The van der Waals surface area contributed by atoms with Gasteiger partial charge in [0.2, 0.25) is 5.91 Å². The van der Waals surface area contributed by atoms with E-state index in [0.29, 0.717) is 17.1 Å². The molecule has 0 radical (unpaired) electrons. The number of hydrogen-bond acceptors (Lipinski definition) is 5. The molecule has 0 saturated heterocycles. The summed E-state index contributed by atoms with van der Waals surface area (Å²) in [4.78, 5) is 23.4. The molecule has 6 nitrogen and oxygen atoms in total. The molecule has 2 aromatic rings. The molecule has 0 aliphatic heterocycles. The van der Waals surface area contributed by atoms with E-state index in [1.165, 1.54) is 11.3 Å². The van der Waals surface area contributed by atoms with Crippen molar-refractivity contribution < 1.29 is 19.1 Å². The van der Waals surface area contributed by atoms with Gasteiger partial charge in [-0.2, -0.15) is 11.3 Å². The van der Waals surface area contributed by atoms with Gasteiger partial charge in [0.25, 0.3) is 5.91 Å².